The largest absolute Gasteiger partial charge is 0.303 e. The molecule has 0 radical (unpaired) electrons. The van der Waals surface area contributed by atoms with Gasteiger partial charge < -0.3 is 10.2 Å². The van der Waals surface area contributed by atoms with Crippen molar-refractivity contribution in [3.05, 3.63) is 35.9 Å². The van der Waals surface area contributed by atoms with Crippen molar-refractivity contribution < 1.29 is 0 Å². The van der Waals surface area contributed by atoms with Crippen LogP contribution in [0.5, 0.6) is 0 Å². The van der Waals surface area contributed by atoms with Crippen molar-refractivity contribution in [3.8, 4) is 6.07 Å². The number of likely N-dealkylation sites (tertiary alicyclic amines) is 1. The Labute approximate surface area is 129 Å². The molecule has 1 heterocycles. The van der Waals surface area contributed by atoms with Gasteiger partial charge in [0.15, 0.2) is 0 Å². The van der Waals surface area contributed by atoms with Gasteiger partial charge in [0.2, 0.25) is 0 Å². The highest BCUT2D eigenvalue weighted by Gasteiger charge is 2.24. The van der Waals surface area contributed by atoms with E-state index in [1.165, 1.54) is 31.5 Å². The van der Waals surface area contributed by atoms with E-state index in [0.29, 0.717) is 5.92 Å². The van der Waals surface area contributed by atoms with Crippen LogP contribution in [-0.4, -0.2) is 37.1 Å². The van der Waals surface area contributed by atoms with Gasteiger partial charge in [-0.05, 0) is 64.2 Å². The summed E-state index contributed by atoms with van der Waals surface area (Å²) in [4.78, 5) is 2.57. The first-order valence-electron chi connectivity index (χ1n) is 8.04. The number of hydrogen-bond donors (Lipinski definition) is 1. The standard InChI is InChI=1S/C18H27N3/c1-18(15-19,20-2)11-6-7-12-21-13-10-17(14-21)16-8-4-3-5-9-16/h3-5,8-9,17,20H,6-7,10-14H2,1-2H3. The molecule has 3 nitrogen and oxygen atoms in total. The summed E-state index contributed by atoms with van der Waals surface area (Å²) in [6.45, 7) is 5.54. The summed E-state index contributed by atoms with van der Waals surface area (Å²) in [5, 5.41) is 12.2. The quantitative estimate of drug-likeness (QED) is 0.782. The molecule has 114 valence electrons. The Kier molecular flexibility index (Phi) is 5.78. The molecule has 3 heteroatoms. The summed E-state index contributed by atoms with van der Waals surface area (Å²) in [6, 6.07) is 13.2. The van der Waals surface area contributed by atoms with Crippen LogP contribution in [-0.2, 0) is 0 Å². The Hall–Kier alpha value is -1.37. The molecule has 2 unspecified atom stereocenters. The molecular formula is C18H27N3. The van der Waals surface area contributed by atoms with E-state index in [0.717, 1.165) is 19.4 Å². The number of nitrogens with zero attached hydrogens (tertiary/aromatic N) is 2. The summed E-state index contributed by atoms with van der Waals surface area (Å²) in [5.74, 6) is 0.702. The lowest BCUT2D eigenvalue weighted by Crippen LogP contribution is -2.38. The van der Waals surface area contributed by atoms with Crippen molar-refractivity contribution in [2.24, 2.45) is 0 Å². The monoisotopic (exact) mass is 285 g/mol. The minimum atomic E-state index is -0.364. The third-order valence-electron chi connectivity index (χ3n) is 4.74. The first kappa shape index (κ1) is 16.0. The maximum Gasteiger partial charge on any atom is 0.103 e. The molecule has 0 saturated carbocycles. The van der Waals surface area contributed by atoms with Crippen molar-refractivity contribution in [2.45, 2.75) is 44.1 Å². The average molecular weight is 285 g/mol. The van der Waals surface area contributed by atoms with Crippen molar-refractivity contribution in [3.63, 3.8) is 0 Å². The zero-order valence-corrected chi connectivity index (χ0v) is 13.3. The number of nitriles is 1. The van der Waals surface area contributed by atoms with Gasteiger partial charge in [-0.25, -0.2) is 0 Å². The van der Waals surface area contributed by atoms with Crippen LogP contribution in [0.3, 0.4) is 0 Å². The topological polar surface area (TPSA) is 39.1 Å². The van der Waals surface area contributed by atoms with E-state index in [2.05, 4.69) is 46.6 Å². The molecule has 2 rings (SSSR count). The van der Waals surface area contributed by atoms with Gasteiger partial charge in [-0.2, -0.15) is 5.26 Å². The lowest BCUT2D eigenvalue weighted by atomic mass is 9.97. The molecule has 2 atom stereocenters. The summed E-state index contributed by atoms with van der Waals surface area (Å²) in [6.07, 6.45) is 4.49. The molecule has 0 aromatic heterocycles. The van der Waals surface area contributed by atoms with Crippen LogP contribution < -0.4 is 5.32 Å². The molecule has 1 aliphatic heterocycles. The van der Waals surface area contributed by atoms with Gasteiger partial charge in [-0.1, -0.05) is 30.3 Å². The third kappa shape index (κ3) is 4.56. The molecule has 1 N–H and O–H groups in total. The van der Waals surface area contributed by atoms with Crippen molar-refractivity contribution in [1.29, 1.82) is 5.26 Å². The summed E-state index contributed by atoms with van der Waals surface area (Å²) >= 11 is 0. The smallest absolute Gasteiger partial charge is 0.103 e. The molecule has 0 amide bonds. The Morgan fingerprint density at radius 2 is 2.10 bits per heavy atom. The molecule has 0 bridgehead atoms. The highest BCUT2D eigenvalue weighted by molar-refractivity contribution is 5.20. The van der Waals surface area contributed by atoms with Gasteiger partial charge in [-0.3, -0.25) is 0 Å². The van der Waals surface area contributed by atoms with E-state index in [1.54, 1.807) is 0 Å². The minimum Gasteiger partial charge on any atom is -0.303 e. The molecule has 0 aliphatic carbocycles. The number of hydrogen-bond acceptors (Lipinski definition) is 3. The fourth-order valence-electron chi connectivity index (χ4n) is 3.08. The maximum absolute atomic E-state index is 9.13. The lowest BCUT2D eigenvalue weighted by Gasteiger charge is -2.21. The number of unbranched alkanes of at least 4 members (excludes halogenated alkanes) is 1. The molecule has 0 spiro atoms. The zero-order valence-electron chi connectivity index (χ0n) is 13.3. The van der Waals surface area contributed by atoms with Crippen molar-refractivity contribution >= 4 is 0 Å². The lowest BCUT2D eigenvalue weighted by molar-refractivity contribution is 0.316. The maximum atomic E-state index is 9.13. The van der Waals surface area contributed by atoms with Crippen LogP contribution in [0.1, 0.15) is 44.1 Å². The van der Waals surface area contributed by atoms with Gasteiger partial charge in [0.05, 0.1) is 6.07 Å². The molecule has 1 aliphatic rings. The van der Waals surface area contributed by atoms with Gasteiger partial charge in [0, 0.05) is 6.54 Å². The average Bonchev–Trinajstić information content (AvgIpc) is 3.01. The van der Waals surface area contributed by atoms with E-state index >= 15 is 0 Å². The summed E-state index contributed by atoms with van der Waals surface area (Å²) in [5.41, 5.74) is 1.12. The van der Waals surface area contributed by atoms with Crippen LogP contribution in [0.2, 0.25) is 0 Å². The molecule has 1 aromatic carbocycles. The Morgan fingerprint density at radius 1 is 1.33 bits per heavy atom. The van der Waals surface area contributed by atoms with Gasteiger partial charge in [-0.15, -0.1) is 0 Å². The predicted octanol–water partition coefficient (Wildman–Crippen LogP) is 3.15. The second-order valence-corrected chi connectivity index (χ2v) is 6.35. The van der Waals surface area contributed by atoms with Crippen LogP contribution in [0.25, 0.3) is 0 Å². The second-order valence-electron chi connectivity index (χ2n) is 6.35. The number of nitrogens with one attached hydrogen (secondary N) is 1. The first-order valence-corrected chi connectivity index (χ1v) is 8.04. The third-order valence-corrected chi connectivity index (χ3v) is 4.74. The Morgan fingerprint density at radius 3 is 2.76 bits per heavy atom. The van der Waals surface area contributed by atoms with Crippen LogP contribution >= 0.6 is 0 Å². The SMILES string of the molecule is CNC(C)(C#N)CCCCN1CCC(c2ccccc2)C1. The second kappa shape index (κ2) is 7.59. The Balaban J connectivity index is 1.69. The molecule has 1 aromatic rings. The van der Waals surface area contributed by atoms with E-state index < -0.39 is 0 Å². The minimum absolute atomic E-state index is 0.364. The Bertz CT molecular complexity index is 465. The molecule has 1 saturated heterocycles. The number of rotatable bonds is 7. The normalized spacial score (nSPS) is 21.9. The number of benzene rings is 1. The van der Waals surface area contributed by atoms with E-state index in [9.17, 15) is 0 Å². The molecule has 1 fully saturated rings. The van der Waals surface area contributed by atoms with Gasteiger partial charge in [0.25, 0.3) is 0 Å². The van der Waals surface area contributed by atoms with Gasteiger partial charge in [0.1, 0.15) is 5.54 Å². The molecular weight excluding hydrogens is 258 g/mol. The van der Waals surface area contributed by atoms with E-state index in [4.69, 9.17) is 5.26 Å². The highest BCUT2D eigenvalue weighted by atomic mass is 15.1. The fraction of sp³-hybridized carbons (Fsp3) is 0.611. The van der Waals surface area contributed by atoms with E-state index in [-0.39, 0.29) is 5.54 Å². The van der Waals surface area contributed by atoms with Crippen LogP contribution in [0, 0.1) is 11.3 Å². The summed E-state index contributed by atoms with van der Waals surface area (Å²) in [7, 11) is 1.87. The summed E-state index contributed by atoms with van der Waals surface area (Å²) < 4.78 is 0. The van der Waals surface area contributed by atoms with Crippen LogP contribution in [0.15, 0.2) is 30.3 Å². The van der Waals surface area contributed by atoms with E-state index in [1.807, 2.05) is 14.0 Å². The van der Waals surface area contributed by atoms with Crippen LogP contribution in [0.4, 0.5) is 0 Å². The predicted molar refractivity (Wildman–Crippen MR) is 87.2 cm³/mol. The van der Waals surface area contributed by atoms with Gasteiger partial charge >= 0.3 is 0 Å². The first-order chi connectivity index (χ1) is 10.2. The zero-order chi connectivity index (χ0) is 15.1. The van der Waals surface area contributed by atoms with Crippen molar-refractivity contribution in [1.82, 2.24) is 10.2 Å². The highest BCUT2D eigenvalue weighted by Crippen LogP contribution is 2.27. The fourth-order valence-corrected chi connectivity index (χ4v) is 3.08. The van der Waals surface area contributed by atoms with Crippen molar-refractivity contribution in [2.75, 3.05) is 26.7 Å². The molecule has 21 heavy (non-hydrogen) atoms.